The predicted octanol–water partition coefficient (Wildman–Crippen LogP) is 7.80. The summed E-state index contributed by atoms with van der Waals surface area (Å²) < 4.78 is 35.5. The van der Waals surface area contributed by atoms with Crippen LogP contribution < -0.4 is 10.1 Å². The zero-order valence-corrected chi connectivity index (χ0v) is 22.7. The quantitative estimate of drug-likeness (QED) is 0.230. The number of hydrogen-bond acceptors (Lipinski definition) is 4. The largest absolute Gasteiger partial charge is 0.496 e. The van der Waals surface area contributed by atoms with Crippen LogP contribution in [0.5, 0.6) is 5.75 Å². The Morgan fingerprint density at radius 1 is 1.08 bits per heavy atom. The third-order valence-electron chi connectivity index (χ3n) is 7.12. The molecule has 0 spiro atoms. The number of methoxy groups -OCH3 is 1. The molecule has 9 heteroatoms. The van der Waals surface area contributed by atoms with Gasteiger partial charge in [0.25, 0.3) is 11.8 Å². The second-order valence-corrected chi connectivity index (χ2v) is 10.3. The average molecular weight is 552 g/mol. The molecule has 0 saturated heterocycles. The number of ether oxygens (including phenoxy) is 1. The van der Waals surface area contributed by atoms with Gasteiger partial charge in [0, 0.05) is 34.4 Å². The van der Waals surface area contributed by atoms with E-state index in [2.05, 4.69) is 10.3 Å². The van der Waals surface area contributed by atoms with E-state index >= 15 is 0 Å². The van der Waals surface area contributed by atoms with Gasteiger partial charge in [0.05, 0.1) is 17.8 Å². The molecule has 1 amide bonds. The summed E-state index contributed by atoms with van der Waals surface area (Å²) in [7, 11) is 1.55. The van der Waals surface area contributed by atoms with Crippen LogP contribution in [0.3, 0.4) is 0 Å². The first kappa shape index (κ1) is 26.7. The standard InChI is InChI=1S/C30H28ClF2N3O3/c1-16-7-5-8-17(2)26(16)23-14-22(24(31)15-25(23)39-4)28-34-18(3)27(36(28)38)29(37)35-21-10-6-9-20(13-21)30(32,33)19-11-12-19/h5-10,13-15,19,38H,11-12H2,1-4H3,(H,35,37). The Labute approximate surface area is 230 Å². The van der Waals surface area contributed by atoms with Crippen molar-refractivity contribution in [2.45, 2.75) is 39.5 Å². The highest BCUT2D eigenvalue weighted by molar-refractivity contribution is 6.33. The SMILES string of the molecule is COc1cc(Cl)c(-c2nc(C)c(C(=O)Nc3cccc(C(F)(F)C4CC4)c3)n2O)cc1-c1c(C)cccc1C. The minimum Gasteiger partial charge on any atom is -0.496 e. The number of alkyl halides is 2. The molecule has 202 valence electrons. The molecule has 0 atom stereocenters. The van der Waals surface area contributed by atoms with E-state index in [0.29, 0.717) is 28.9 Å². The molecule has 3 aromatic carbocycles. The molecule has 0 aliphatic heterocycles. The van der Waals surface area contributed by atoms with Crippen LogP contribution in [0, 0.1) is 26.7 Å². The van der Waals surface area contributed by atoms with Gasteiger partial charge in [-0.2, -0.15) is 4.73 Å². The van der Waals surface area contributed by atoms with Crippen molar-refractivity contribution in [3.8, 4) is 28.3 Å². The van der Waals surface area contributed by atoms with Crippen molar-refractivity contribution in [3.63, 3.8) is 0 Å². The maximum Gasteiger partial charge on any atom is 0.277 e. The number of aromatic nitrogens is 2. The number of nitrogens with one attached hydrogen (secondary N) is 1. The average Bonchev–Trinajstić information content (AvgIpc) is 3.70. The fraction of sp³-hybridized carbons (Fsp3) is 0.267. The van der Waals surface area contributed by atoms with Gasteiger partial charge in [-0.1, -0.05) is 41.9 Å². The van der Waals surface area contributed by atoms with Crippen LogP contribution >= 0.6 is 11.6 Å². The van der Waals surface area contributed by atoms with Gasteiger partial charge in [-0.05, 0) is 68.5 Å². The summed E-state index contributed by atoms with van der Waals surface area (Å²) in [6.07, 6.45) is 0.961. The van der Waals surface area contributed by atoms with E-state index in [1.807, 2.05) is 32.0 Å². The third kappa shape index (κ3) is 4.85. The number of carbonyl (C=O) groups is 1. The number of nitrogens with zero attached hydrogens (tertiary/aromatic N) is 2. The van der Waals surface area contributed by atoms with Gasteiger partial charge in [-0.15, -0.1) is 0 Å². The maximum atomic E-state index is 14.6. The first-order chi connectivity index (χ1) is 18.5. The first-order valence-electron chi connectivity index (χ1n) is 12.6. The number of imidazole rings is 1. The lowest BCUT2D eigenvalue weighted by atomic mass is 9.93. The van der Waals surface area contributed by atoms with Crippen LogP contribution in [0.15, 0.2) is 54.6 Å². The summed E-state index contributed by atoms with van der Waals surface area (Å²) in [4.78, 5) is 17.6. The zero-order chi connectivity index (χ0) is 28.1. The number of hydrogen-bond donors (Lipinski definition) is 2. The summed E-state index contributed by atoms with van der Waals surface area (Å²) in [5.74, 6) is -3.71. The van der Waals surface area contributed by atoms with Crippen LogP contribution in [0.25, 0.3) is 22.5 Å². The lowest BCUT2D eigenvalue weighted by molar-refractivity contribution is -0.0285. The second kappa shape index (κ2) is 10.0. The number of anilines is 1. The van der Waals surface area contributed by atoms with Crippen LogP contribution in [0.2, 0.25) is 5.02 Å². The van der Waals surface area contributed by atoms with Gasteiger partial charge < -0.3 is 15.3 Å². The number of rotatable bonds is 7. The molecule has 5 rings (SSSR count). The molecule has 4 aromatic rings. The number of benzene rings is 3. The highest BCUT2D eigenvalue weighted by atomic mass is 35.5. The van der Waals surface area contributed by atoms with Gasteiger partial charge >= 0.3 is 0 Å². The molecule has 2 N–H and O–H groups in total. The van der Waals surface area contributed by atoms with Crippen molar-refractivity contribution in [2.75, 3.05) is 12.4 Å². The molecule has 0 unspecified atom stereocenters. The van der Waals surface area contributed by atoms with Gasteiger partial charge in [0.1, 0.15) is 5.75 Å². The van der Waals surface area contributed by atoms with Crippen molar-refractivity contribution in [2.24, 2.45) is 5.92 Å². The van der Waals surface area contributed by atoms with E-state index in [0.717, 1.165) is 22.3 Å². The fourth-order valence-corrected chi connectivity index (χ4v) is 5.20. The molecule has 0 bridgehead atoms. The van der Waals surface area contributed by atoms with E-state index in [9.17, 15) is 18.8 Å². The Hall–Kier alpha value is -3.91. The normalized spacial score (nSPS) is 13.4. The lowest BCUT2D eigenvalue weighted by Gasteiger charge is -2.17. The molecule has 1 aliphatic rings. The second-order valence-electron chi connectivity index (χ2n) is 9.91. The molecule has 1 heterocycles. The number of carbonyl (C=O) groups excluding carboxylic acids is 1. The van der Waals surface area contributed by atoms with E-state index in [1.54, 1.807) is 26.2 Å². The van der Waals surface area contributed by atoms with Crippen molar-refractivity contribution in [1.29, 1.82) is 0 Å². The Kier molecular flexibility index (Phi) is 6.84. The zero-order valence-electron chi connectivity index (χ0n) is 22.0. The first-order valence-corrected chi connectivity index (χ1v) is 12.9. The monoisotopic (exact) mass is 551 g/mol. The fourth-order valence-electron chi connectivity index (χ4n) is 4.96. The van der Waals surface area contributed by atoms with Gasteiger partial charge in [0.15, 0.2) is 11.5 Å². The minimum atomic E-state index is -2.96. The van der Waals surface area contributed by atoms with E-state index < -0.39 is 17.7 Å². The molecular formula is C30H28ClF2N3O3. The summed E-state index contributed by atoms with van der Waals surface area (Å²) >= 11 is 6.60. The van der Waals surface area contributed by atoms with Gasteiger partial charge in [-0.25, -0.2) is 13.8 Å². The molecule has 6 nitrogen and oxygen atoms in total. The Bertz CT molecular complexity index is 1570. The van der Waals surface area contributed by atoms with E-state index in [1.165, 1.54) is 24.3 Å². The molecule has 1 aliphatic carbocycles. The minimum absolute atomic E-state index is 0.0619. The lowest BCUT2D eigenvalue weighted by Crippen LogP contribution is -2.19. The van der Waals surface area contributed by atoms with Crippen LogP contribution in [0.4, 0.5) is 14.5 Å². The summed E-state index contributed by atoms with van der Waals surface area (Å²) in [5.41, 5.74) is 4.31. The Morgan fingerprint density at radius 2 is 1.74 bits per heavy atom. The summed E-state index contributed by atoms with van der Waals surface area (Å²) in [6, 6.07) is 15.0. The summed E-state index contributed by atoms with van der Waals surface area (Å²) in [6.45, 7) is 5.56. The van der Waals surface area contributed by atoms with E-state index in [4.69, 9.17) is 16.3 Å². The van der Waals surface area contributed by atoms with Crippen molar-refractivity contribution >= 4 is 23.2 Å². The van der Waals surface area contributed by atoms with Crippen molar-refractivity contribution in [1.82, 2.24) is 9.71 Å². The van der Waals surface area contributed by atoms with Crippen molar-refractivity contribution in [3.05, 3.63) is 87.7 Å². The highest BCUT2D eigenvalue weighted by Gasteiger charge is 2.48. The smallest absolute Gasteiger partial charge is 0.277 e. The Morgan fingerprint density at radius 3 is 2.38 bits per heavy atom. The van der Waals surface area contributed by atoms with Crippen LogP contribution in [-0.2, 0) is 5.92 Å². The van der Waals surface area contributed by atoms with E-state index in [-0.39, 0.29) is 33.5 Å². The molecule has 1 fully saturated rings. The predicted molar refractivity (Wildman–Crippen MR) is 147 cm³/mol. The molecule has 1 aromatic heterocycles. The molecular weight excluding hydrogens is 524 g/mol. The highest BCUT2D eigenvalue weighted by Crippen LogP contribution is 2.50. The van der Waals surface area contributed by atoms with Crippen LogP contribution in [-0.4, -0.2) is 27.9 Å². The summed E-state index contributed by atoms with van der Waals surface area (Å²) in [5, 5.41) is 14.0. The van der Waals surface area contributed by atoms with Gasteiger partial charge in [0.2, 0.25) is 0 Å². The third-order valence-corrected chi connectivity index (χ3v) is 7.43. The molecule has 1 saturated carbocycles. The molecule has 0 radical (unpaired) electrons. The van der Waals surface area contributed by atoms with Crippen molar-refractivity contribution < 1.29 is 23.5 Å². The topological polar surface area (TPSA) is 76.4 Å². The number of aryl methyl sites for hydroxylation is 3. The van der Waals surface area contributed by atoms with Crippen LogP contribution in [0.1, 0.15) is 45.7 Å². The Balaban J connectivity index is 1.52. The van der Waals surface area contributed by atoms with Gasteiger partial charge in [-0.3, -0.25) is 4.79 Å². The maximum absolute atomic E-state index is 14.6. The molecule has 39 heavy (non-hydrogen) atoms. The number of amides is 1. The number of halogens is 3.